The van der Waals surface area contributed by atoms with E-state index < -0.39 is 5.82 Å². The van der Waals surface area contributed by atoms with Crippen LogP contribution in [0.15, 0.2) is 35.3 Å². The second-order valence-electron chi connectivity index (χ2n) is 8.06. The molecule has 1 aromatic heterocycles. The minimum absolute atomic E-state index is 0.0434. The molecule has 1 fully saturated rings. The number of halogens is 2. The molecule has 0 spiro atoms. The van der Waals surface area contributed by atoms with Gasteiger partial charge >= 0.3 is 0 Å². The van der Waals surface area contributed by atoms with Crippen molar-refractivity contribution in [2.45, 2.75) is 57.7 Å². The van der Waals surface area contributed by atoms with E-state index in [0.29, 0.717) is 23.8 Å². The first-order chi connectivity index (χ1) is 15.1. The SMILES string of the molecule is CCCCC(=O)N1CCCC[C@@H]1CNc1nc(C2=CNC3NC=C(Cl)C=C23)ncc1F. The number of rotatable bonds is 7. The summed E-state index contributed by atoms with van der Waals surface area (Å²) in [5.41, 5.74) is 1.67. The van der Waals surface area contributed by atoms with Gasteiger partial charge in [0.05, 0.1) is 11.2 Å². The Morgan fingerprint density at radius 3 is 3.03 bits per heavy atom. The molecule has 3 N–H and O–H groups in total. The molecule has 0 saturated carbocycles. The number of nitrogens with one attached hydrogen (secondary N) is 3. The topological polar surface area (TPSA) is 82.2 Å². The molecule has 2 atom stereocenters. The number of unbranched alkanes of at least 4 members (excludes halogenated alkanes) is 1. The average Bonchev–Trinajstić information content (AvgIpc) is 3.20. The van der Waals surface area contributed by atoms with E-state index in [1.807, 2.05) is 11.0 Å². The van der Waals surface area contributed by atoms with E-state index in [0.717, 1.165) is 49.8 Å². The summed E-state index contributed by atoms with van der Waals surface area (Å²) < 4.78 is 14.5. The van der Waals surface area contributed by atoms with Crippen LogP contribution in [0.1, 0.15) is 51.3 Å². The zero-order chi connectivity index (χ0) is 21.8. The van der Waals surface area contributed by atoms with Crippen LogP contribution in [0.2, 0.25) is 0 Å². The molecule has 1 saturated heterocycles. The summed E-state index contributed by atoms with van der Waals surface area (Å²) >= 11 is 6.12. The number of aromatic nitrogens is 2. The number of hydrogen-bond donors (Lipinski definition) is 3. The number of piperidine rings is 1. The van der Waals surface area contributed by atoms with E-state index >= 15 is 0 Å². The highest BCUT2D eigenvalue weighted by Gasteiger charge is 2.29. The van der Waals surface area contributed by atoms with Gasteiger partial charge < -0.3 is 20.9 Å². The van der Waals surface area contributed by atoms with Gasteiger partial charge in [-0.3, -0.25) is 4.79 Å². The Bertz CT molecular complexity index is 931. The molecule has 0 aliphatic carbocycles. The van der Waals surface area contributed by atoms with Crippen LogP contribution in [-0.2, 0) is 4.79 Å². The summed E-state index contributed by atoms with van der Waals surface area (Å²) in [4.78, 5) is 23.2. The molecule has 7 nitrogen and oxygen atoms in total. The third-order valence-electron chi connectivity index (χ3n) is 5.88. The van der Waals surface area contributed by atoms with E-state index in [1.165, 1.54) is 6.20 Å². The van der Waals surface area contributed by atoms with E-state index in [9.17, 15) is 9.18 Å². The number of nitrogens with zero attached hydrogens (tertiary/aromatic N) is 3. The van der Waals surface area contributed by atoms with Gasteiger partial charge in [-0.05, 0) is 31.8 Å². The highest BCUT2D eigenvalue weighted by molar-refractivity contribution is 6.31. The third-order valence-corrected chi connectivity index (χ3v) is 6.10. The van der Waals surface area contributed by atoms with Crippen molar-refractivity contribution in [1.29, 1.82) is 0 Å². The van der Waals surface area contributed by atoms with Crippen molar-refractivity contribution in [3.63, 3.8) is 0 Å². The van der Waals surface area contributed by atoms with Crippen LogP contribution in [0.25, 0.3) is 5.57 Å². The Morgan fingerprint density at radius 1 is 1.35 bits per heavy atom. The van der Waals surface area contributed by atoms with Crippen LogP contribution in [0.3, 0.4) is 0 Å². The van der Waals surface area contributed by atoms with Crippen molar-refractivity contribution in [2.24, 2.45) is 0 Å². The second kappa shape index (κ2) is 9.68. The van der Waals surface area contributed by atoms with E-state index in [-0.39, 0.29) is 23.9 Å². The third kappa shape index (κ3) is 4.84. The zero-order valence-electron chi connectivity index (χ0n) is 17.6. The number of fused-ring (bicyclic) bond motifs is 1. The molecule has 4 rings (SSSR count). The normalized spacial score (nSPS) is 22.5. The number of amides is 1. The fourth-order valence-electron chi connectivity index (χ4n) is 4.19. The number of allylic oxidation sites excluding steroid dienone is 2. The number of anilines is 1. The Balaban J connectivity index is 1.47. The predicted octanol–water partition coefficient (Wildman–Crippen LogP) is 3.48. The van der Waals surface area contributed by atoms with Crippen LogP contribution >= 0.6 is 11.6 Å². The number of dihydropyridines is 1. The van der Waals surface area contributed by atoms with Crippen molar-refractivity contribution in [1.82, 2.24) is 25.5 Å². The predicted molar refractivity (Wildman–Crippen MR) is 119 cm³/mol. The Hall–Kier alpha value is -2.61. The summed E-state index contributed by atoms with van der Waals surface area (Å²) in [5, 5.41) is 10.0. The molecule has 9 heteroatoms. The largest absolute Gasteiger partial charge is 0.367 e. The monoisotopic (exact) mass is 446 g/mol. The highest BCUT2D eigenvalue weighted by atomic mass is 35.5. The van der Waals surface area contributed by atoms with Crippen LogP contribution in [0, 0.1) is 5.82 Å². The van der Waals surface area contributed by atoms with E-state index in [4.69, 9.17) is 11.6 Å². The summed E-state index contributed by atoms with van der Waals surface area (Å²) in [6.07, 6.45) is 11.9. The maximum atomic E-state index is 14.5. The summed E-state index contributed by atoms with van der Waals surface area (Å²) in [7, 11) is 0. The van der Waals surface area contributed by atoms with Crippen LogP contribution in [0.5, 0.6) is 0 Å². The van der Waals surface area contributed by atoms with Crippen LogP contribution in [-0.4, -0.2) is 46.1 Å². The Kier molecular flexibility index (Phi) is 6.75. The van der Waals surface area contributed by atoms with Gasteiger partial charge in [-0.2, -0.15) is 0 Å². The van der Waals surface area contributed by atoms with Gasteiger partial charge in [0.15, 0.2) is 17.5 Å². The molecule has 3 aliphatic heterocycles. The summed E-state index contributed by atoms with van der Waals surface area (Å²) in [5.74, 6) is 0.233. The molecule has 0 aromatic carbocycles. The molecular weight excluding hydrogens is 419 g/mol. The van der Waals surface area contributed by atoms with Gasteiger partial charge in [-0.25, -0.2) is 14.4 Å². The van der Waals surface area contributed by atoms with Gasteiger partial charge in [0, 0.05) is 49.1 Å². The number of carbonyl (C=O) groups excluding carboxylic acids is 1. The number of likely N-dealkylation sites (tertiary alicyclic amines) is 1. The van der Waals surface area contributed by atoms with Gasteiger partial charge in [0.2, 0.25) is 5.91 Å². The smallest absolute Gasteiger partial charge is 0.222 e. The molecule has 1 unspecified atom stereocenters. The molecule has 31 heavy (non-hydrogen) atoms. The molecule has 166 valence electrons. The quantitative estimate of drug-likeness (QED) is 0.595. The molecule has 3 aliphatic rings. The van der Waals surface area contributed by atoms with Gasteiger partial charge in [-0.15, -0.1) is 0 Å². The first kappa shape index (κ1) is 21.6. The Morgan fingerprint density at radius 2 is 2.19 bits per heavy atom. The standard InChI is InChI=1S/C22H28ClFN6O/c1-2-3-7-19(31)30-8-5-4-6-15(30)11-26-22-18(24)13-28-21(29-22)17-12-27-20-16(17)9-14(23)10-25-20/h9-10,12-13,15,20,25,27H,2-8,11H2,1H3,(H,26,28,29)/t15-,20?/m1/s1. The Labute approximate surface area is 186 Å². The second-order valence-corrected chi connectivity index (χ2v) is 8.50. The number of hydrogen-bond acceptors (Lipinski definition) is 6. The fraction of sp³-hybridized carbons (Fsp3) is 0.500. The summed E-state index contributed by atoms with van der Waals surface area (Å²) in [6, 6.07) is 0.0434. The van der Waals surface area contributed by atoms with Crippen molar-refractivity contribution in [3.8, 4) is 0 Å². The maximum absolute atomic E-state index is 14.5. The molecule has 0 bridgehead atoms. The lowest BCUT2D eigenvalue weighted by Gasteiger charge is -2.36. The lowest BCUT2D eigenvalue weighted by Crippen LogP contribution is -2.47. The average molecular weight is 447 g/mol. The van der Waals surface area contributed by atoms with Gasteiger partial charge in [0.25, 0.3) is 0 Å². The van der Waals surface area contributed by atoms with Crippen molar-refractivity contribution >= 4 is 28.9 Å². The number of carbonyl (C=O) groups is 1. The molecule has 0 radical (unpaired) electrons. The lowest BCUT2D eigenvalue weighted by molar-refractivity contribution is -0.134. The van der Waals surface area contributed by atoms with Crippen LogP contribution < -0.4 is 16.0 Å². The van der Waals surface area contributed by atoms with E-state index in [2.05, 4.69) is 32.8 Å². The highest BCUT2D eigenvalue weighted by Crippen LogP contribution is 2.31. The lowest BCUT2D eigenvalue weighted by atomic mass is 10.0. The van der Waals surface area contributed by atoms with Crippen molar-refractivity contribution < 1.29 is 9.18 Å². The molecule has 1 amide bonds. The zero-order valence-corrected chi connectivity index (χ0v) is 18.4. The van der Waals surface area contributed by atoms with Crippen molar-refractivity contribution in [2.75, 3.05) is 18.4 Å². The van der Waals surface area contributed by atoms with E-state index in [1.54, 1.807) is 12.4 Å². The molecular formula is C22H28ClFN6O. The van der Waals surface area contributed by atoms with Gasteiger partial charge in [0.1, 0.15) is 6.17 Å². The molecule has 4 heterocycles. The van der Waals surface area contributed by atoms with Crippen LogP contribution in [0.4, 0.5) is 10.2 Å². The maximum Gasteiger partial charge on any atom is 0.222 e. The minimum Gasteiger partial charge on any atom is -0.367 e. The first-order valence-electron chi connectivity index (χ1n) is 10.9. The molecule has 1 aromatic rings. The summed E-state index contributed by atoms with van der Waals surface area (Å²) in [6.45, 7) is 3.31. The first-order valence-corrected chi connectivity index (χ1v) is 11.3. The van der Waals surface area contributed by atoms with Crippen molar-refractivity contribution in [3.05, 3.63) is 46.9 Å². The minimum atomic E-state index is -0.514. The van der Waals surface area contributed by atoms with Gasteiger partial charge in [-0.1, -0.05) is 24.9 Å². The fourth-order valence-corrected chi connectivity index (χ4v) is 4.37.